The van der Waals surface area contributed by atoms with Crippen LogP contribution >= 0.6 is 11.3 Å². The molecular formula is C16H15NO3S. The number of carboxylic acid groups (broad SMARTS) is 1. The van der Waals surface area contributed by atoms with Crippen LogP contribution in [0, 0.1) is 6.92 Å². The monoisotopic (exact) mass is 301 g/mol. The zero-order chi connectivity index (χ0) is 15.2. The Morgan fingerprint density at radius 1 is 1.29 bits per heavy atom. The third-order valence-corrected chi connectivity index (χ3v) is 3.78. The highest BCUT2D eigenvalue weighted by Crippen LogP contribution is 2.16. The number of aliphatic carboxylic acids is 1. The SMILES string of the molecule is Cc1ccc(C(=O)NCc2cc(C=CC(=O)O)cs2)cc1. The molecule has 0 aliphatic heterocycles. The van der Waals surface area contributed by atoms with Crippen LogP contribution in [0.25, 0.3) is 6.08 Å². The van der Waals surface area contributed by atoms with E-state index in [4.69, 9.17) is 5.11 Å². The lowest BCUT2D eigenvalue weighted by atomic mass is 10.1. The minimum atomic E-state index is -0.976. The lowest BCUT2D eigenvalue weighted by molar-refractivity contribution is -0.131. The lowest BCUT2D eigenvalue weighted by Crippen LogP contribution is -2.22. The zero-order valence-corrected chi connectivity index (χ0v) is 12.3. The highest BCUT2D eigenvalue weighted by atomic mass is 32.1. The summed E-state index contributed by atoms with van der Waals surface area (Å²) < 4.78 is 0. The van der Waals surface area contributed by atoms with Crippen molar-refractivity contribution in [1.82, 2.24) is 5.32 Å². The summed E-state index contributed by atoms with van der Waals surface area (Å²) in [6, 6.07) is 9.24. The Morgan fingerprint density at radius 2 is 2.00 bits per heavy atom. The molecule has 0 atom stereocenters. The van der Waals surface area contributed by atoms with E-state index >= 15 is 0 Å². The average Bonchev–Trinajstić information content (AvgIpc) is 2.91. The normalized spacial score (nSPS) is 10.7. The molecule has 0 fully saturated rings. The molecule has 0 aliphatic carbocycles. The van der Waals surface area contributed by atoms with Gasteiger partial charge in [0.2, 0.25) is 0 Å². The van der Waals surface area contributed by atoms with Crippen LogP contribution in [0.4, 0.5) is 0 Å². The Hall–Kier alpha value is -2.40. The van der Waals surface area contributed by atoms with Crippen LogP contribution in [0.2, 0.25) is 0 Å². The maximum absolute atomic E-state index is 12.0. The summed E-state index contributed by atoms with van der Waals surface area (Å²) in [5.41, 5.74) is 2.56. The first-order valence-electron chi connectivity index (χ1n) is 6.38. The second kappa shape index (κ2) is 6.85. The maximum atomic E-state index is 12.0. The van der Waals surface area contributed by atoms with Gasteiger partial charge in [0.05, 0.1) is 6.54 Å². The van der Waals surface area contributed by atoms with Crippen LogP contribution in [-0.2, 0) is 11.3 Å². The van der Waals surface area contributed by atoms with Gasteiger partial charge in [-0.05, 0) is 42.1 Å². The van der Waals surface area contributed by atoms with E-state index in [9.17, 15) is 9.59 Å². The number of nitrogens with one attached hydrogen (secondary N) is 1. The number of amides is 1. The molecule has 0 aliphatic rings. The molecule has 1 heterocycles. The van der Waals surface area contributed by atoms with Gasteiger partial charge in [0.1, 0.15) is 0 Å². The zero-order valence-electron chi connectivity index (χ0n) is 11.5. The third-order valence-electron chi connectivity index (χ3n) is 2.83. The van der Waals surface area contributed by atoms with Crippen molar-refractivity contribution in [3.05, 3.63) is 63.4 Å². The van der Waals surface area contributed by atoms with Gasteiger partial charge in [-0.3, -0.25) is 4.79 Å². The van der Waals surface area contributed by atoms with Crippen molar-refractivity contribution in [1.29, 1.82) is 0 Å². The molecule has 2 rings (SSSR count). The first-order chi connectivity index (χ1) is 10.0. The van der Waals surface area contributed by atoms with Gasteiger partial charge in [0.25, 0.3) is 5.91 Å². The number of hydrogen-bond acceptors (Lipinski definition) is 3. The van der Waals surface area contributed by atoms with E-state index in [1.807, 2.05) is 30.5 Å². The molecule has 0 radical (unpaired) electrons. The maximum Gasteiger partial charge on any atom is 0.328 e. The highest BCUT2D eigenvalue weighted by Gasteiger charge is 2.05. The summed E-state index contributed by atoms with van der Waals surface area (Å²) in [5.74, 6) is -1.10. The van der Waals surface area contributed by atoms with Crippen molar-refractivity contribution in [3.63, 3.8) is 0 Å². The summed E-state index contributed by atoms with van der Waals surface area (Å²) >= 11 is 1.48. The molecule has 0 saturated heterocycles. The largest absolute Gasteiger partial charge is 0.478 e. The first-order valence-corrected chi connectivity index (χ1v) is 7.26. The number of thiophene rings is 1. The Kier molecular flexibility index (Phi) is 4.90. The molecule has 1 aromatic heterocycles. The number of hydrogen-bond donors (Lipinski definition) is 2. The van der Waals surface area contributed by atoms with E-state index < -0.39 is 5.97 Å². The van der Waals surface area contributed by atoms with E-state index in [0.29, 0.717) is 12.1 Å². The summed E-state index contributed by atoms with van der Waals surface area (Å²) in [7, 11) is 0. The van der Waals surface area contributed by atoms with E-state index in [1.54, 1.807) is 12.1 Å². The predicted octanol–water partition coefficient (Wildman–Crippen LogP) is 3.08. The molecule has 1 aromatic carbocycles. The van der Waals surface area contributed by atoms with Crippen LogP contribution in [-0.4, -0.2) is 17.0 Å². The minimum absolute atomic E-state index is 0.119. The van der Waals surface area contributed by atoms with Crippen LogP contribution in [0.1, 0.15) is 26.4 Å². The second-order valence-electron chi connectivity index (χ2n) is 4.57. The fourth-order valence-electron chi connectivity index (χ4n) is 1.72. The molecule has 21 heavy (non-hydrogen) atoms. The van der Waals surface area contributed by atoms with Gasteiger partial charge in [0, 0.05) is 16.5 Å². The van der Waals surface area contributed by atoms with Crippen molar-refractivity contribution in [2.24, 2.45) is 0 Å². The van der Waals surface area contributed by atoms with Gasteiger partial charge in [-0.25, -0.2) is 4.79 Å². The highest BCUT2D eigenvalue weighted by molar-refractivity contribution is 7.10. The molecule has 4 nitrogen and oxygen atoms in total. The molecule has 0 bridgehead atoms. The van der Waals surface area contributed by atoms with Crippen molar-refractivity contribution in [3.8, 4) is 0 Å². The number of carbonyl (C=O) groups is 2. The Bertz CT molecular complexity index is 671. The summed E-state index contributed by atoms with van der Waals surface area (Å²) in [6.07, 6.45) is 2.63. The molecule has 1 amide bonds. The lowest BCUT2D eigenvalue weighted by Gasteiger charge is -2.03. The second-order valence-corrected chi connectivity index (χ2v) is 5.56. The van der Waals surface area contributed by atoms with Crippen molar-refractivity contribution >= 4 is 29.3 Å². The van der Waals surface area contributed by atoms with Crippen molar-refractivity contribution in [2.45, 2.75) is 13.5 Å². The molecule has 2 N–H and O–H groups in total. The van der Waals surface area contributed by atoms with Crippen LogP contribution < -0.4 is 5.32 Å². The third kappa shape index (κ3) is 4.57. The number of carboxylic acids is 1. The number of carbonyl (C=O) groups excluding carboxylic acids is 1. The van der Waals surface area contributed by atoms with Gasteiger partial charge >= 0.3 is 5.97 Å². The van der Waals surface area contributed by atoms with E-state index in [2.05, 4.69) is 5.32 Å². The van der Waals surface area contributed by atoms with Crippen molar-refractivity contribution in [2.75, 3.05) is 0 Å². The molecule has 108 valence electrons. The van der Waals surface area contributed by atoms with Crippen LogP contribution in [0.5, 0.6) is 0 Å². The van der Waals surface area contributed by atoms with Gasteiger partial charge in [0.15, 0.2) is 0 Å². The minimum Gasteiger partial charge on any atom is -0.478 e. The summed E-state index contributed by atoms with van der Waals surface area (Å²) in [5, 5.41) is 13.3. The van der Waals surface area contributed by atoms with Crippen LogP contribution in [0.3, 0.4) is 0 Å². The Labute approximate surface area is 126 Å². The molecule has 0 spiro atoms. The van der Waals surface area contributed by atoms with Gasteiger partial charge in [-0.1, -0.05) is 17.7 Å². The summed E-state index contributed by atoms with van der Waals surface area (Å²) in [6.45, 7) is 2.40. The van der Waals surface area contributed by atoms with Crippen LogP contribution in [0.15, 0.2) is 41.8 Å². The summed E-state index contributed by atoms with van der Waals surface area (Å²) in [4.78, 5) is 23.4. The number of aryl methyl sites for hydroxylation is 1. The van der Waals surface area contributed by atoms with E-state index in [0.717, 1.165) is 22.1 Å². The standard InChI is InChI=1S/C16H15NO3S/c1-11-2-5-13(6-3-11)16(20)17-9-14-8-12(10-21-14)4-7-15(18)19/h2-8,10H,9H2,1H3,(H,17,20)(H,18,19). The Balaban J connectivity index is 1.92. The molecule has 2 aromatic rings. The smallest absolute Gasteiger partial charge is 0.328 e. The van der Waals surface area contributed by atoms with Gasteiger partial charge < -0.3 is 10.4 Å². The fourth-order valence-corrected chi connectivity index (χ4v) is 2.51. The fraction of sp³-hybridized carbons (Fsp3) is 0.125. The Morgan fingerprint density at radius 3 is 2.67 bits per heavy atom. The average molecular weight is 301 g/mol. The van der Waals surface area contributed by atoms with Gasteiger partial charge in [-0.2, -0.15) is 0 Å². The van der Waals surface area contributed by atoms with Crippen molar-refractivity contribution < 1.29 is 14.7 Å². The quantitative estimate of drug-likeness (QED) is 0.834. The molecule has 0 saturated carbocycles. The van der Waals surface area contributed by atoms with E-state index in [1.165, 1.54) is 17.4 Å². The number of benzene rings is 1. The molecule has 0 unspecified atom stereocenters. The molecule has 5 heteroatoms. The van der Waals surface area contributed by atoms with Gasteiger partial charge in [-0.15, -0.1) is 11.3 Å². The first kappa shape index (κ1) is 15.0. The molecular weight excluding hydrogens is 286 g/mol. The topological polar surface area (TPSA) is 66.4 Å². The van der Waals surface area contributed by atoms with E-state index in [-0.39, 0.29) is 5.91 Å². The predicted molar refractivity (Wildman–Crippen MR) is 83.3 cm³/mol. The number of rotatable bonds is 5.